The molecular formula is C10H19NO3S. The number of hydrogen-bond donors (Lipinski definition) is 2. The van der Waals surface area contributed by atoms with Gasteiger partial charge in [0, 0.05) is 17.7 Å². The Morgan fingerprint density at radius 3 is 2.27 bits per heavy atom. The van der Waals surface area contributed by atoms with Gasteiger partial charge < -0.3 is 10.4 Å². The molecule has 2 N–H and O–H groups in total. The van der Waals surface area contributed by atoms with Crippen LogP contribution in [0.5, 0.6) is 0 Å². The third-order valence-corrected chi connectivity index (χ3v) is 3.37. The molecule has 0 saturated carbocycles. The number of aliphatic carboxylic acids is 1. The molecule has 0 spiro atoms. The molecule has 0 saturated heterocycles. The van der Waals surface area contributed by atoms with Crippen LogP contribution in [0.3, 0.4) is 0 Å². The molecule has 0 radical (unpaired) electrons. The van der Waals surface area contributed by atoms with Gasteiger partial charge in [0.25, 0.3) is 0 Å². The standard InChI is InChI=1S/C10H19NO3S/c1-6(15-4)5-9(12)11-8(3)7(2)10(13)14/h6-8H,5H2,1-4H3,(H,11,12)(H,13,14). The van der Waals surface area contributed by atoms with E-state index in [4.69, 9.17) is 5.11 Å². The van der Waals surface area contributed by atoms with E-state index in [-0.39, 0.29) is 17.2 Å². The predicted octanol–water partition coefficient (Wildman–Crippen LogP) is 1.35. The molecule has 0 heterocycles. The average Bonchev–Trinajstić information content (AvgIpc) is 2.15. The van der Waals surface area contributed by atoms with Gasteiger partial charge in [-0.3, -0.25) is 9.59 Å². The lowest BCUT2D eigenvalue weighted by Crippen LogP contribution is -2.40. The second-order valence-corrected chi connectivity index (χ2v) is 5.01. The minimum Gasteiger partial charge on any atom is -0.481 e. The summed E-state index contributed by atoms with van der Waals surface area (Å²) >= 11 is 1.62. The van der Waals surface area contributed by atoms with Crippen molar-refractivity contribution in [3.05, 3.63) is 0 Å². The van der Waals surface area contributed by atoms with E-state index in [9.17, 15) is 9.59 Å². The fourth-order valence-corrected chi connectivity index (χ4v) is 1.31. The molecule has 5 heteroatoms. The molecule has 0 aliphatic carbocycles. The van der Waals surface area contributed by atoms with Crippen molar-refractivity contribution < 1.29 is 14.7 Å². The summed E-state index contributed by atoms with van der Waals surface area (Å²) in [5.74, 6) is -1.53. The third kappa shape index (κ3) is 5.67. The van der Waals surface area contributed by atoms with Gasteiger partial charge in [-0.15, -0.1) is 0 Å². The second-order valence-electron chi connectivity index (χ2n) is 3.73. The molecule has 0 bridgehead atoms. The molecule has 0 aromatic heterocycles. The number of hydrogen-bond acceptors (Lipinski definition) is 3. The maximum Gasteiger partial charge on any atom is 0.308 e. The van der Waals surface area contributed by atoms with Crippen LogP contribution in [0.2, 0.25) is 0 Å². The van der Waals surface area contributed by atoms with Crippen molar-refractivity contribution in [2.75, 3.05) is 6.26 Å². The lowest BCUT2D eigenvalue weighted by atomic mass is 10.0. The molecule has 1 amide bonds. The predicted molar refractivity (Wildman–Crippen MR) is 62.0 cm³/mol. The lowest BCUT2D eigenvalue weighted by Gasteiger charge is -2.18. The molecule has 0 aromatic rings. The van der Waals surface area contributed by atoms with Crippen LogP contribution >= 0.6 is 11.8 Å². The van der Waals surface area contributed by atoms with Gasteiger partial charge in [0.1, 0.15) is 0 Å². The number of rotatable bonds is 6. The number of carboxylic acid groups (broad SMARTS) is 1. The molecule has 3 atom stereocenters. The topological polar surface area (TPSA) is 66.4 Å². The number of carbonyl (C=O) groups excluding carboxylic acids is 1. The van der Waals surface area contributed by atoms with Crippen LogP contribution in [0.4, 0.5) is 0 Å². The fourth-order valence-electron chi connectivity index (χ4n) is 0.996. The van der Waals surface area contributed by atoms with Crippen LogP contribution in [0.15, 0.2) is 0 Å². The summed E-state index contributed by atoms with van der Waals surface area (Å²) in [4.78, 5) is 22.1. The van der Waals surface area contributed by atoms with Crippen molar-refractivity contribution in [2.45, 2.75) is 38.5 Å². The summed E-state index contributed by atoms with van der Waals surface area (Å²) in [5.41, 5.74) is 0. The lowest BCUT2D eigenvalue weighted by molar-refractivity contribution is -0.142. The highest BCUT2D eigenvalue weighted by molar-refractivity contribution is 7.99. The van der Waals surface area contributed by atoms with Crippen molar-refractivity contribution in [1.29, 1.82) is 0 Å². The van der Waals surface area contributed by atoms with Crippen molar-refractivity contribution in [3.8, 4) is 0 Å². The monoisotopic (exact) mass is 233 g/mol. The first-order valence-corrected chi connectivity index (χ1v) is 6.22. The van der Waals surface area contributed by atoms with E-state index in [0.29, 0.717) is 6.42 Å². The maximum atomic E-state index is 11.4. The number of thioether (sulfide) groups is 1. The molecule has 0 aromatic carbocycles. The van der Waals surface area contributed by atoms with Gasteiger partial charge in [0.05, 0.1) is 5.92 Å². The summed E-state index contributed by atoms with van der Waals surface area (Å²) in [6.07, 6.45) is 2.37. The van der Waals surface area contributed by atoms with Gasteiger partial charge in [0.2, 0.25) is 5.91 Å². The summed E-state index contributed by atoms with van der Waals surface area (Å²) in [5, 5.41) is 11.7. The molecule has 15 heavy (non-hydrogen) atoms. The number of carbonyl (C=O) groups is 2. The van der Waals surface area contributed by atoms with E-state index in [1.807, 2.05) is 13.2 Å². The van der Waals surface area contributed by atoms with Gasteiger partial charge in [-0.25, -0.2) is 0 Å². The first kappa shape index (κ1) is 14.3. The van der Waals surface area contributed by atoms with Crippen molar-refractivity contribution >= 4 is 23.6 Å². The van der Waals surface area contributed by atoms with Gasteiger partial charge >= 0.3 is 5.97 Å². The number of nitrogens with one attached hydrogen (secondary N) is 1. The van der Waals surface area contributed by atoms with E-state index in [1.165, 1.54) is 0 Å². The van der Waals surface area contributed by atoms with Crippen molar-refractivity contribution in [2.24, 2.45) is 5.92 Å². The van der Waals surface area contributed by atoms with Gasteiger partial charge in [0.15, 0.2) is 0 Å². The summed E-state index contributed by atoms with van der Waals surface area (Å²) in [6.45, 7) is 5.27. The number of amides is 1. The van der Waals surface area contributed by atoms with E-state index >= 15 is 0 Å². The van der Waals surface area contributed by atoms with Crippen LogP contribution in [0.25, 0.3) is 0 Å². The molecule has 4 nitrogen and oxygen atoms in total. The van der Waals surface area contributed by atoms with Gasteiger partial charge in [-0.1, -0.05) is 6.92 Å². The molecule has 0 aliphatic rings. The number of carboxylic acids is 1. The smallest absolute Gasteiger partial charge is 0.308 e. The molecule has 0 aliphatic heterocycles. The Morgan fingerprint density at radius 2 is 1.87 bits per heavy atom. The molecule has 3 unspecified atom stereocenters. The summed E-state index contributed by atoms with van der Waals surface area (Å²) in [6, 6.07) is -0.330. The van der Waals surface area contributed by atoms with Crippen LogP contribution in [0, 0.1) is 5.92 Å². The van der Waals surface area contributed by atoms with E-state index in [0.717, 1.165) is 0 Å². The largest absolute Gasteiger partial charge is 0.481 e. The van der Waals surface area contributed by atoms with Crippen LogP contribution in [-0.4, -0.2) is 34.5 Å². The van der Waals surface area contributed by atoms with E-state index in [1.54, 1.807) is 25.6 Å². The SMILES string of the molecule is CSC(C)CC(=O)NC(C)C(C)C(=O)O. The zero-order chi connectivity index (χ0) is 12.0. The van der Waals surface area contributed by atoms with Crippen molar-refractivity contribution in [3.63, 3.8) is 0 Å². The Hall–Kier alpha value is -0.710. The first-order chi connectivity index (χ1) is 6.88. The fraction of sp³-hybridized carbons (Fsp3) is 0.800. The van der Waals surface area contributed by atoms with E-state index in [2.05, 4.69) is 5.32 Å². The van der Waals surface area contributed by atoms with Crippen LogP contribution in [0.1, 0.15) is 27.2 Å². The molecule has 0 fully saturated rings. The van der Waals surface area contributed by atoms with Crippen LogP contribution in [-0.2, 0) is 9.59 Å². The Bertz CT molecular complexity index is 233. The maximum absolute atomic E-state index is 11.4. The highest BCUT2D eigenvalue weighted by atomic mass is 32.2. The first-order valence-electron chi connectivity index (χ1n) is 4.93. The Balaban J connectivity index is 4.01. The quantitative estimate of drug-likeness (QED) is 0.727. The Morgan fingerprint density at radius 1 is 1.33 bits per heavy atom. The Kier molecular flexibility index (Phi) is 6.40. The average molecular weight is 233 g/mol. The minimum absolute atomic E-state index is 0.0857. The summed E-state index contributed by atoms with van der Waals surface area (Å²) < 4.78 is 0. The molecule has 88 valence electrons. The zero-order valence-electron chi connectivity index (χ0n) is 9.61. The van der Waals surface area contributed by atoms with Crippen molar-refractivity contribution in [1.82, 2.24) is 5.32 Å². The Labute approximate surface area is 94.8 Å². The summed E-state index contributed by atoms with van der Waals surface area (Å²) in [7, 11) is 0. The van der Waals surface area contributed by atoms with E-state index < -0.39 is 11.9 Å². The van der Waals surface area contributed by atoms with Gasteiger partial charge in [-0.2, -0.15) is 11.8 Å². The highest BCUT2D eigenvalue weighted by Gasteiger charge is 2.21. The minimum atomic E-state index is -0.888. The van der Waals surface area contributed by atoms with Crippen LogP contribution < -0.4 is 5.32 Å². The highest BCUT2D eigenvalue weighted by Crippen LogP contribution is 2.10. The zero-order valence-corrected chi connectivity index (χ0v) is 10.4. The third-order valence-electron chi connectivity index (χ3n) is 2.40. The molecular weight excluding hydrogens is 214 g/mol. The van der Waals surface area contributed by atoms with Gasteiger partial charge in [-0.05, 0) is 20.1 Å². The second kappa shape index (κ2) is 6.71. The molecule has 0 rings (SSSR count). The normalized spacial score (nSPS) is 16.5.